The van der Waals surface area contributed by atoms with Gasteiger partial charge in [0.15, 0.2) is 11.4 Å². The van der Waals surface area contributed by atoms with Crippen molar-refractivity contribution >= 4 is 0 Å². The summed E-state index contributed by atoms with van der Waals surface area (Å²) in [6.45, 7) is 1.55. The van der Waals surface area contributed by atoms with Crippen molar-refractivity contribution in [2.45, 2.75) is 50.5 Å². The van der Waals surface area contributed by atoms with Gasteiger partial charge in [-0.05, 0) is 13.8 Å². The lowest BCUT2D eigenvalue weighted by atomic mass is 9.86. The zero-order chi connectivity index (χ0) is 20.0. The third-order valence-corrected chi connectivity index (χ3v) is 3.11. The lowest BCUT2D eigenvalue weighted by Crippen LogP contribution is -2.33. The standard InChI is InChI=1S/C12H11F9N2O2/c1-3(24)5(4(2)25)6-7(10(13,14)15)22-9(12(19,20)21)23-8(6)11(16,17)18/h3-5,24-25H,1-2H3. The van der Waals surface area contributed by atoms with Gasteiger partial charge in [0.25, 0.3) is 0 Å². The van der Waals surface area contributed by atoms with E-state index in [-0.39, 0.29) is 0 Å². The van der Waals surface area contributed by atoms with E-state index in [2.05, 4.69) is 9.97 Å². The van der Waals surface area contributed by atoms with Gasteiger partial charge in [-0.15, -0.1) is 0 Å². The first-order valence-electron chi connectivity index (χ1n) is 6.47. The van der Waals surface area contributed by atoms with Gasteiger partial charge in [0.05, 0.1) is 12.2 Å². The van der Waals surface area contributed by atoms with Crippen LogP contribution in [0, 0.1) is 0 Å². The first kappa shape index (κ1) is 21.4. The number of hydrogen-bond acceptors (Lipinski definition) is 4. The number of aromatic nitrogens is 2. The Bertz CT molecular complexity index is 577. The number of alkyl halides is 9. The van der Waals surface area contributed by atoms with E-state index in [4.69, 9.17) is 0 Å². The van der Waals surface area contributed by atoms with Crippen LogP contribution in [0.25, 0.3) is 0 Å². The second-order valence-electron chi connectivity index (χ2n) is 5.16. The summed E-state index contributed by atoms with van der Waals surface area (Å²) in [6.07, 6.45) is -21.1. The lowest BCUT2D eigenvalue weighted by Gasteiger charge is -2.28. The molecule has 0 radical (unpaired) electrons. The van der Waals surface area contributed by atoms with Gasteiger partial charge in [-0.1, -0.05) is 0 Å². The molecule has 0 saturated heterocycles. The number of rotatable bonds is 3. The minimum absolute atomic E-state index is 0.773. The quantitative estimate of drug-likeness (QED) is 0.782. The van der Waals surface area contributed by atoms with Gasteiger partial charge in [-0.25, -0.2) is 9.97 Å². The zero-order valence-corrected chi connectivity index (χ0v) is 12.4. The van der Waals surface area contributed by atoms with E-state index < -0.39 is 59.4 Å². The van der Waals surface area contributed by atoms with Crippen LogP contribution in [0.15, 0.2) is 0 Å². The molecule has 144 valence electrons. The summed E-state index contributed by atoms with van der Waals surface area (Å²) < 4.78 is 116. The summed E-state index contributed by atoms with van der Waals surface area (Å²) in [5.41, 5.74) is -6.89. The molecule has 0 bridgehead atoms. The van der Waals surface area contributed by atoms with E-state index in [1.165, 1.54) is 0 Å². The molecule has 0 amide bonds. The molecule has 1 aromatic rings. The average molecular weight is 386 g/mol. The first-order valence-corrected chi connectivity index (χ1v) is 6.47. The molecule has 0 spiro atoms. The highest BCUT2D eigenvalue weighted by molar-refractivity contribution is 5.36. The van der Waals surface area contributed by atoms with Crippen molar-refractivity contribution in [3.05, 3.63) is 22.8 Å². The molecule has 1 rings (SSSR count). The Labute approximate surface area is 134 Å². The van der Waals surface area contributed by atoms with Gasteiger partial charge in [0.2, 0.25) is 5.82 Å². The third-order valence-electron chi connectivity index (χ3n) is 3.11. The van der Waals surface area contributed by atoms with Crippen molar-refractivity contribution in [2.75, 3.05) is 0 Å². The highest BCUT2D eigenvalue weighted by Crippen LogP contribution is 2.44. The summed E-state index contributed by atoms with van der Waals surface area (Å²) in [5.74, 6) is -4.86. The molecule has 13 heteroatoms. The number of aliphatic hydroxyl groups excluding tert-OH is 2. The first-order chi connectivity index (χ1) is 11.0. The molecule has 0 aliphatic heterocycles. The summed E-state index contributed by atoms with van der Waals surface area (Å²) >= 11 is 0. The maximum Gasteiger partial charge on any atom is 0.451 e. The van der Waals surface area contributed by atoms with Gasteiger partial charge in [0, 0.05) is 11.5 Å². The van der Waals surface area contributed by atoms with E-state index >= 15 is 0 Å². The van der Waals surface area contributed by atoms with Gasteiger partial charge in [-0.3, -0.25) is 0 Å². The molecule has 2 unspecified atom stereocenters. The van der Waals surface area contributed by atoms with Crippen LogP contribution in [-0.2, 0) is 18.5 Å². The van der Waals surface area contributed by atoms with Crippen molar-refractivity contribution in [3.8, 4) is 0 Å². The number of aliphatic hydroxyl groups is 2. The normalized spacial score (nSPS) is 17.3. The highest BCUT2D eigenvalue weighted by Gasteiger charge is 2.50. The number of hydrogen-bond donors (Lipinski definition) is 2. The van der Waals surface area contributed by atoms with Crippen molar-refractivity contribution in [3.63, 3.8) is 0 Å². The molecule has 0 aromatic carbocycles. The third kappa shape index (κ3) is 4.71. The topological polar surface area (TPSA) is 66.2 Å². The molecule has 0 aliphatic rings. The molecule has 2 atom stereocenters. The monoisotopic (exact) mass is 386 g/mol. The van der Waals surface area contributed by atoms with E-state index in [0.717, 1.165) is 13.8 Å². The number of halogens is 9. The fourth-order valence-corrected chi connectivity index (χ4v) is 2.23. The predicted molar refractivity (Wildman–Crippen MR) is 63.1 cm³/mol. The van der Waals surface area contributed by atoms with Gasteiger partial charge in [-0.2, -0.15) is 39.5 Å². The molecular formula is C12H11F9N2O2. The van der Waals surface area contributed by atoms with Crippen molar-refractivity contribution < 1.29 is 49.7 Å². The largest absolute Gasteiger partial charge is 0.451 e. The van der Waals surface area contributed by atoms with Crippen LogP contribution in [-0.4, -0.2) is 32.4 Å². The maximum absolute atomic E-state index is 13.1. The van der Waals surface area contributed by atoms with Crippen LogP contribution in [0.1, 0.15) is 42.5 Å². The van der Waals surface area contributed by atoms with Gasteiger partial charge in [0.1, 0.15) is 0 Å². The fraction of sp³-hybridized carbons (Fsp3) is 0.667. The molecule has 0 fully saturated rings. The second-order valence-corrected chi connectivity index (χ2v) is 5.16. The summed E-state index contributed by atoms with van der Waals surface area (Å²) in [4.78, 5) is 4.38. The second kappa shape index (κ2) is 6.59. The molecule has 0 aliphatic carbocycles. The fourth-order valence-electron chi connectivity index (χ4n) is 2.23. The summed E-state index contributed by atoms with van der Waals surface area (Å²) in [5, 5.41) is 18.9. The minimum atomic E-state index is -5.72. The van der Waals surface area contributed by atoms with Crippen molar-refractivity contribution in [1.82, 2.24) is 9.97 Å². The zero-order valence-electron chi connectivity index (χ0n) is 12.4. The Morgan fingerprint density at radius 2 is 1.00 bits per heavy atom. The Morgan fingerprint density at radius 1 is 0.680 bits per heavy atom. The molecule has 0 saturated carbocycles. The molecule has 1 heterocycles. The SMILES string of the molecule is CC(O)C(c1c(C(F)(F)F)nc(C(F)(F)F)nc1C(F)(F)F)C(C)O. The molecule has 1 aromatic heterocycles. The van der Waals surface area contributed by atoms with E-state index in [1.54, 1.807) is 0 Å². The summed E-state index contributed by atoms with van der Waals surface area (Å²) in [7, 11) is 0. The van der Waals surface area contributed by atoms with Gasteiger partial charge >= 0.3 is 18.5 Å². The smallest absolute Gasteiger partial charge is 0.393 e. The molecule has 25 heavy (non-hydrogen) atoms. The lowest BCUT2D eigenvalue weighted by molar-refractivity contribution is -0.161. The van der Waals surface area contributed by atoms with E-state index in [1.807, 2.05) is 0 Å². The van der Waals surface area contributed by atoms with Crippen LogP contribution in [0.4, 0.5) is 39.5 Å². The van der Waals surface area contributed by atoms with E-state index in [0.29, 0.717) is 0 Å². The Hall–Kier alpha value is -1.63. The molecule has 2 N–H and O–H groups in total. The summed E-state index contributed by atoms with van der Waals surface area (Å²) in [6, 6.07) is 0. The predicted octanol–water partition coefficient (Wildman–Crippen LogP) is 3.38. The van der Waals surface area contributed by atoms with Crippen molar-refractivity contribution in [2.24, 2.45) is 0 Å². The minimum Gasteiger partial charge on any atom is -0.393 e. The Morgan fingerprint density at radius 3 is 1.20 bits per heavy atom. The van der Waals surface area contributed by atoms with Crippen LogP contribution in [0.5, 0.6) is 0 Å². The molecular weight excluding hydrogens is 375 g/mol. The van der Waals surface area contributed by atoms with Crippen LogP contribution >= 0.6 is 0 Å². The maximum atomic E-state index is 13.1. The van der Waals surface area contributed by atoms with Crippen LogP contribution < -0.4 is 0 Å². The van der Waals surface area contributed by atoms with Gasteiger partial charge < -0.3 is 10.2 Å². The van der Waals surface area contributed by atoms with E-state index in [9.17, 15) is 49.7 Å². The van der Waals surface area contributed by atoms with Crippen LogP contribution in [0.2, 0.25) is 0 Å². The number of nitrogens with zero attached hydrogens (tertiary/aromatic N) is 2. The average Bonchev–Trinajstić information content (AvgIpc) is 2.33. The molecule has 4 nitrogen and oxygen atoms in total. The van der Waals surface area contributed by atoms with Crippen LogP contribution in [0.3, 0.4) is 0 Å². The van der Waals surface area contributed by atoms with Crippen molar-refractivity contribution in [1.29, 1.82) is 0 Å². The Balaban J connectivity index is 4.01. The Kier molecular flexibility index (Phi) is 5.65. The highest BCUT2D eigenvalue weighted by atomic mass is 19.4.